The fraction of sp³-hybridized carbons (Fsp3) is 0. The molecule has 11 heteroatoms. The Morgan fingerprint density at radius 3 is 1.16 bits per heavy atom. The fourth-order valence-corrected chi connectivity index (χ4v) is 17.1. The number of anilines is 15. The van der Waals surface area contributed by atoms with Crippen molar-refractivity contribution in [1.82, 2.24) is 0 Å². The fourth-order valence-electron chi connectivity index (χ4n) is 15.9. The highest BCUT2D eigenvalue weighted by molar-refractivity contribution is 8.00. The van der Waals surface area contributed by atoms with Crippen LogP contribution in [0.2, 0.25) is 0 Å². The second kappa shape index (κ2) is 24.5. The molecule has 4 heterocycles. The Morgan fingerprint density at radius 2 is 0.663 bits per heavy atom. The maximum atomic E-state index is 20.8. The van der Waals surface area contributed by atoms with Crippen molar-refractivity contribution in [1.29, 1.82) is 0 Å². The van der Waals surface area contributed by atoms with Gasteiger partial charge in [0.1, 0.15) is 5.82 Å². The zero-order chi connectivity index (χ0) is 67.2. The lowest BCUT2D eigenvalue weighted by atomic mass is 9.31. The molecule has 0 saturated heterocycles. The maximum Gasteiger partial charge on any atom is 0.252 e. The number of rotatable bonds is 12. The molecule has 15 aromatic rings. The third-order valence-electron chi connectivity index (χ3n) is 20.2. The summed E-state index contributed by atoms with van der Waals surface area (Å²) in [7, 11) is 0. The number of nitrogens with zero attached hydrogens (tertiary/aromatic N) is 5. The first kappa shape index (κ1) is 59.8. The molecule has 0 aliphatic carbocycles. The van der Waals surface area contributed by atoms with E-state index in [2.05, 4.69) is 256 Å². The van der Waals surface area contributed by atoms with Crippen LogP contribution in [0.25, 0.3) is 33.4 Å². The van der Waals surface area contributed by atoms with Crippen LogP contribution in [0.15, 0.2) is 362 Å². The first-order chi connectivity index (χ1) is 49.9. The quantitative estimate of drug-likeness (QED) is 0.113. The van der Waals surface area contributed by atoms with Crippen LogP contribution in [-0.4, -0.2) is 13.4 Å². The third kappa shape index (κ3) is 9.97. The number of hydrogen-bond donors (Lipinski definition) is 0. The predicted octanol–water partition coefficient (Wildman–Crippen LogP) is 20.9. The van der Waals surface area contributed by atoms with E-state index in [1.54, 1.807) is 4.90 Å². The van der Waals surface area contributed by atoms with E-state index in [0.717, 1.165) is 129 Å². The van der Waals surface area contributed by atoms with Gasteiger partial charge in [0.05, 0.1) is 17.1 Å². The van der Waals surface area contributed by atoms with Gasteiger partial charge in [0, 0.05) is 89.7 Å². The smallest absolute Gasteiger partial charge is 0.252 e. The van der Waals surface area contributed by atoms with Crippen LogP contribution in [-0.2, 0) is 0 Å². The second-order valence-electron chi connectivity index (χ2n) is 25.9. The summed E-state index contributed by atoms with van der Waals surface area (Å²) in [5, 5.41) is 0. The molecule has 0 amide bonds. The molecule has 101 heavy (non-hydrogen) atoms. The van der Waals surface area contributed by atoms with Crippen molar-refractivity contribution < 1.29 is 13.2 Å². The average Bonchev–Trinajstić information content (AvgIpc) is 0.682. The van der Waals surface area contributed by atoms with Crippen LogP contribution in [0.1, 0.15) is 0 Å². The molecule has 0 radical (unpaired) electrons. The predicted molar refractivity (Wildman–Crippen MR) is 416 cm³/mol. The Hall–Kier alpha value is -12.4. The zero-order valence-electron chi connectivity index (χ0n) is 54.4. The van der Waals surface area contributed by atoms with Crippen LogP contribution in [0.3, 0.4) is 0 Å². The van der Waals surface area contributed by atoms with Gasteiger partial charge in [-0.1, -0.05) is 248 Å². The molecule has 0 saturated carbocycles. The third-order valence-corrected chi connectivity index (χ3v) is 21.4. The lowest BCUT2D eigenvalue weighted by Crippen LogP contribution is -2.65. The van der Waals surface area contributed by atoms with Crippen molar-refractivity contribution in [3.05, 3.63) is 369 Å². The summed E-state index contributed by atoms with van der Waals surface area (Å²) in [4.78, 5) is 12.3. The second-order valence-corrected chi connectivity index (χ2v) is 27.0. The van der Waals surface area contributed by atoms with Crippen LogP contribution < -0.4 is 57.3 Å². The molecule has 15 aromatic carbocycles. The van der Waals surface area contributed by atoms with Gasteiger partial charge in [-0.15, -0.1) is 0 Å². The highest BCUT2D eigenvalue weighted by Gasteiger charge is 2.50. The molecule has 0 atom stereocenters. The lowest BCUT2D eigenvalue weighted by Gasteiger charge is -2.46. The Balaban J connectivity index is 0.903. The standard InChI is InChI=1S/C90H58B2F3N5S/c93-64-52-73(63-30-12-3-13-31-63)88(78(94)53-64)100-82-55-71(96(65-32-14-4-15-33-65)66-34-16-5-17-35-66)54-81-85(82)91(74-40-22-24-42-79(74)98(81)67-36-18-6-19-37-67)76-58-77-90(87(95)89(76)100)101-84-57-72(56-83-86(84)92(77)75-41-23-25-43-80(75)99(83)68-38-20-7-21-39-68)97(69-48-44-61(45-49-69)59-26-8-1-9-27-59)70-50-46-62(47-51-70)60-28-10-2-11-29-60/h1-58H. The molecule has 5 nitrogen and oxygen atoms in total. The highest BCUT2D eigenvalue weighted by Crippen LogP contribution is 2.54. The molecule has 4 aliphatic rings. The number of benzene rings is 15. The van der Waals surface area contributed by atoms with Crippen LogP contribution in [0.4, 0.5) is 98.5 Å². The molecule has 19 rings (SSSR count). The minimum absolute atomic E-state index is 0.0195. The van der Waals surface area contributed by atoms with E-state index in [-0.39, 0.29) is 16.9 Å². The van der Waals surface area contributed by atoms with Gasteiger partial charge >= 0.3 is 0 Å². The van der Waals surface area contributed by atoms with Crippen molar-refractivity contribution in [2.45, 2.75) is 9.79 Å². The monoisotopic (exact) mass is 1320 g/mol. The van der Waals surface area contributed by atoms with Crippen molar-refractivity contribution in [3.63, 3.8) is 0 Å². The number of halogens is 3. The highest BCUT2D eigenvalue weighted by atomic mass is 32.2. The Morgan fingerprint density at radius 1 is 0.277 bits per heavy atom. The topological polar surface area (TPSA) is 16.2 Å². The molecular weight excluding hydrogens is 1260 g/mol. The average molecular weight is 1320 g/mol. The summed E-state index contributed by atoms with van der Waals surface area (Å²) in [6.07, 6.45) is 0. The molecule has 476 valence electrons. The van der Waals surface area contributed by atoms with E-state index in [1.807, 2.05) is 103 Å². The minimum atomic E-state index is -0.841. The van der Waals surface area contributed by atoms with Crippen LogP contribution in [0, 0.1) is 17.5 Å². The maximum absolute atomic E-state index is 20.8. The van der Waals surface area contributed by atoms with E-state index in [9.17, 15) is 0 Å². The van der Waals surface area contributed by atoms with Crippen molar-refractivity contribution in [2.75, 3.05) is 24.5 Å². The molecular formula is C90H58B2F3N5S. The molecule has 0 spiro atoms. The minimum Gasteiger partial charge on any atom is -0.311 e. The normalized spacial score (nSPS) is 12.8. The Bertz CT molecular complexity index is 5570. The lowest BCUT2D eigenvalue weighted by molar-refractivity contribution is 0.583. The first-order valence-electron chi connectivity index (χ1n) is 34.0. The van der Waals surface area contributed by atoms with Gasteiger partial charge in [-0.05, 0) is 170 Å². The molecule has 0 N–H and O–H groups in total. The molecule has 0 aromatic heterocycles. The number of para-hydroxylation sites is 6. The number of hydrogen-bond acceptors (Lipinski definition) is 6. The van der Waals surface area contributed by atoms with Gasteiger partial charge < -0.3 is 24.5 Å². The van der Waals surface area contributed by atoms with Gasteiger partial charge in [-0.3, -0.25) is 0 Å². The summed E-state index contributed by atoms with van der Waals surface area (Å²) in [5.41, 5.74) is 22.1. The van der Waals surface area contributed by atoms with Gasteiger partial charge in [-0.2, -0.15) is 0 Å². The first-order valence-corrected chi connectivity index (χ1v) is 34.8. The van der Waals surface area contributed by atoms with E-state index in [4.69, 9.17) is 0 Å². The van der Waals surface area contributed by atoms with Crippen molar-refractivity contribution >= 4 is 143 Å². The molecule has 0 fully saturated rings. The van der Waals surface area contributed by atoms with Crippen molar-refractivity contribution in [2.24, 2.45) is 0 Å². The number of fused-ring (bicyclic) bond motifs is 8. The Labute approximate surface area is 589 Å². The van der Waals surface area contributed by atoms with Gasteiger partial charge in [0.15, 0.2) is 11.6 Å². The molecule has 0 unspecified atom stereocenters. The summed E-state index contributed by atoms with van der Waals surface area (Å²) in [6.45, 7) is -1.10. The van der Waals surface area contributed by atoms with E-state index < -0.39 is 30.9 Å². The SMILES string of the molecule is Fc1cc(F)c(N2c3cc(N(c4ccccc4)c4ccccc4)cc4c3B(c3ccccc3N4c3ccccc3)c3cc4c(c(F)c32)Sc2cc(N(c3ccc(-c5ccccc5)cc3)c3ccc(-c5ccccc5)cc3)cc3c2B4c2ccccc2N3c2ccccc2)c(-c2ccccc2)c1. The van der Waals surface area contributed by atoms with E-state index in [0.29, 0.717) is 21.6 Å². The summed E-state index contributed by atoms with van der Waals surface area (Å²) >= 11 is 1.41. The summed E-state index contributed by atoms with van der Waals surface area (Å²) in [5.74, 6) is -2.11. The van der Waals surface area contributed by atoms with Gasteiger partial charge in [-0.25, -0.2) is 13.2 Å². The van der Waals surface area contributed by atoms with E-state index in [1.165, 1.54) is 17.8 Å². The molecule has 4 aliphatic heterocycles. The zero-order valence-corrected chi connectivity index (χ0v) is 55.2. The van der Waals surface area contributed by atoms with Crippen LogP contribution >= 0.6 is 11.8 Å². The van der Waals surface area contributed by atoms with E-state index >= 15 is 13.2 Å². The van der Waals surface area contributed by atoms with Crippen LogP contribution in [0.5, 0.6) is 0 Å². The summed E-state index contributed by atoms with van der Waals surface area (Å²) < 4.78 is 56.0. The molecule has 0 bridgehead atoms. The largest absolute Gasteiger partial charge is 0.311 e. The van der Waals surface area contributed by atoms with Crippen molar-refractivity contribution in [3.8, 4) is 33.4 Å². The van der Waals surface area contributed by atoms with Gasteiger partial charge in [0.25, 0.3) is 6.71 Å². The Kier molecular flexibility index (Phi) is 14.5. The van der Waals surface area contributed by atoms with Gasteiger partial charge in [0.2, 0.25) is 6.71 Å². The summed E-state index contributed by atoms with van der Waals surface area (Å²) in [6, 6.07) is 119.